The van der Waals surface area contributed by atoms with Crippen molar-refractivity contribution in [3.05, 3.63) is 59.2 Å². The van der Waals surface area contributed by atoms with Gasteiger partial charge in [0.1, 0.15) is 0 Å². The van der Waals surface area contributed by atoms with Crippen molar-refractivity contribution in [1.82, 2.24) is 0 Å². The first-order valence-corrected chi connectivity index (χ1v) is 8.97. The predicted molar refractivity (Wildman–Crippen MR) is 103 cm³/mol. The van der Waals surface area contributed by atoms with Crippen LogP contribution in [0.25, 0.3) is 0 Å². The molecular formula is C21H23F3N2O2. The summed E-state index contributed by atoms with van der Waals surface area (Å²) in [6.45, 7) is 5.11. The summed E-state index contributed by atoms with van der Waals surface area (Å²) >= 11 is 0. The molecule has 0 aliphatic heterocycles. The minimum atomic E-state index is -4.50. The lowest BCUT2D eigenvalue weighted by atomic mass is 10.1. The van der Waals surface area contributed by atoms with Crippen LogP contribution in [0.2, 0.25) is 0 Å². The molecule has 2 aromatic carbocycles. The van der Waals surface area contributed by atoms with Gasteiger partial charge in [-0.05, 0) is 42.7 Å². The van der Waals surface area contributed by atoms with Gasteiger partial charge in [0.2, 0.25) is 11.8 Å². The second kappa shape index (κ2) is 8.91. The lowest BCUT2D eigenvalue weighted by Gasteiger charge is -2.22. The summed E-state index contributed by atoms with van der Waals surface area (Å²) in [4.78, 5) is 25.5. The number of alkyl halides is 3. The van der Waals surface area contributed by atoms with E-state index >= 15 is 0 Å². The zero-order valence-electron chi connectivity index (χ0n) is 16.1. The van der Waals surface area contributed by atoms with Crippen LogP contribution in [0.1, 0.15) is 37.0 Å². The highest BCUT2D eigenvalue weighted by molar-refractivity contribution is 5.95. The Hall–Kier alpha value is -2.83. The molecule has 2 aromatic rings. The maximum atomic E-state index is 12.9. The number of benzene rings is 2. The highest BCUT2D eigenvalue weighted by Gasteiger charge is 2.31. The molecule has 2 amide bonds. The number of nitrogens with zero attached hydrogens (tertiary/aromatic N) is 1. The summed E-state index contributed by atoms with van der Waals surface area (Å²) in [5.41, 5.74) is 1.93. The Bertz CT molecular complexity index is 863. The molecule has 0 aliphatic rings. The van der Waals surface area contributed by atoms with Gasteiger partial charge in [0, 0.05) is 31.3 Å². The molecular weight excluding hydrogens is 369 g/mol. The first-order valence-electron chi connectivity index (χ1n) is 8.97. The molecule has 28 heavy (non-hydrogen) atoms. The van der Waals surface area contributed by atoms with Crippen LogP contribution >= 0.6 is 0 Å². The number of anilines is 2. The van der Waals surface area contributed by atoms with Gasteiger partial charge in [-0.3, -0.25) is 9.59 Å². The first kappa shape index (κ1) is 21.5. The van der Waals surface area contributed by atoms with Crippen LogP contribution in [-0.2, 0) is 22.2 Å². The van der Waals surface area contributed by atoms with Crippen molar-refractivity contribution in [2.75, 3.05) is 16.8 Å². The Labute approximate surface area is 162 Å². The van der Waals surface area contributed by atoms with E-state index in [1.807, 2.05) is 32.0 Å². The molecule has 0 radical (unpaired) electrons. The SMILES string of the molecule is CCc1cccc(C)c1NC(=O)CCN(C(C)=O)c1cccc(C(F)(F)F)c1. The topological polar surface area (TPSA) is 49.4 Å². The Morgan fingerprint density at radius 3 is 2.39 bits per heavy atom. The van der Waals surface area contributed by atoms with Crippen molar-refractivity contribution in [2.45, 2.75) is 39.8 Å². The van der Waals surface area contributed by atoms with Crippen molar-refractivity contribution in [1.29, 1.82) is 0 Å². The van der Waals surface area contributed by atoms with E-state index in [4.69, 9.17) is 0 Å². The molecule has 0 saturated heterocycles. The van der Waals surface area contributed by atoms with Crippen molar-refractivity contribution in [3.63, 3.8) is 0 Å². The molecule has 2 rings (SSSR count). The summed E-state index contributed by atoms with van der Waals surface area (Å²) in [7, 11) is 0. The number of rotatable bonds is 6. The second-order valence-electron chi connectivity index (χ2n) is 6.48. The van der Waals surface area contributed by atoms with E-state index in [9.17, 15) is 22.8 Å². The zero-order valence-corrected chi connectivity index (χ0v) is 16.1. The Morgan fingerprint density at radius 2 is 1.79 bits per heavy atom. The summed E-state index contributed by atoms with van der Waals surface area (Å²) in [5, 5.41) is 2.85. The number of carbonyl (C=O) groups is 2. The number of hydrogen-bond donors (Lipinski definition) is 1. The van der Waals surface area contributed by atoms with Crippen molar-refractivity contribution >= 4 is 23.2 Å². The molecule has 0 aliphatic carbocycles. The molecule has 7 heteroatoms. The predicted octanol–water partition coefficient (Wildman–Crippen LogP) is 4.96. The average molecular weight is 392 g/mol. The van der Waals surface area contributed by atoms with Crippen LogP contribution in [0, 0.1) is 6.92 Å². The van der Waals surface area contributed by atoms with Gasteiger partial charge in [-0.1, -0.05) is 31.2 Å². The van der Waals surface area contributed by atoms with Gasteiger partial charge in [0.15, 0.2) is 0 Å². The largest absolute Gasteiger partial charge is 0.416 e. The molecule has 0 bridgehead atoms. The summed E-state index contributed by atoms with van der Waals surface area (Å²) in [5.74, 6) is -0.737. The Balaban J connectivity index is 2.13. The van der Waals surface area contributed by atoms with E-state index in [0.29, 0.717) is 0 Å². The fourth-order valence-electron chi connectivity index (χ4n) is 2.94. The maximum Gasteiger partial charge on any atom is 0.416 e. The van der Waals surface area contributed by atoms with Gasteiger partial charge >= 0.3 is 6.18 Å². The number of halogens is 3. The van der Waals surface area contributed by atoms with Crippen LogP contribution in [0.15, 0.2) is 42.5 Å². The standard InChI is InChI=1S/C21H23F3N2O2/c1-4-16-8-5-7-14(2)20(16)25-19(28)11-12-26(15(3)27)18-10-6-9-17(13-18)21(22,23)24/h5-10,13H,4,11-12H2,1-3H3,(H,25,28). The van der Waals surface area contributed by atoms with Gasteiger partial charge in [-0.2, -0.15) is 13.2 Å². The molecule has 0 spiro atoms. The molecule has 0 aromatic heterocycles. The molecule has 0 unspecified atom stereocenters. The summed E-state index contributed by atoms with van der Waals surface area (Å²) in [6.07, 6.45) is -3.79. The normalized spacial score (nSPS) is 11.2. The molecule has 4 nitrogen and oxygen atoms in total. The minimum absolute atomic E-state index is 0.0180. The molecule has 0 fully saturated rings. The van der Waals surface area contributed by atoms with E-state index < -0.39 is 17.6 Å². The third kappa shape index (κ3) is 5.34. The summed E-state index contributed by atoms with van der Waals surface area (Å²) in [6, 6.07) is 10.2. The number of nitrogens with one attached hydrogen (secondary N) is 1. The zero-order chi connectivity index (χ0) is 20.9. The third-order valence-corrected chi connectivity index (χ3v) is 4.43. The molecule has 150 valence electrons. The van der Waals surface area contributed by atoms with E-state index in [1.54, 1.807) is 0 Å². The average Bonchev–Trinajstić information content (AvgIpc) is 2.63. The molecule has 0 atom stereocenters. The molecule has 1 N–H and O–H groups in total. The number of carbonyl (C=O) groups excluding carboxylic acids is 2. The molecule has 0 saturated carbocycles. The number of aryl methyl sites for hydroxylation is 2. The van der Waals surface area contributed by atoms with Crippen molar-refractivity contribution in [2.24, 2.45) is 0 Å². The first-order chi connectivity index (χ1) is 13.1. The lowest BCUT2D eigenvalue weighted by molar-refractivity contribution is -0.137. The van der Waals surface area contributed by atoms with E-state index in [-0.39, 0.29) is 24.6 Å². The Kier molecular flexibility index (Phi) is 6.83. The lowest BCUT2D eigenvalue weighted by Crippen LogP contribution is -2.32. The fraction of sp³-hybridized carbons (Fsp3) is 0.333. The van der Waals surface area contributed by atoms with Crippen molar-refractivity contribution in [3.8, 4) is 0 Å². The van der Waals surface area contributed by atoms with E-state index in [0.717, 1.165) is 35.4 Å². The second-order valence-corrected chi connectivity index (χ2v) is 6.48. The van der Waals surface area contributed by atoms with Gasteiger partial charge in [-0.25, -0.2) is 0 Å². The van der Waals surface area contributed by atoms with E-state index in [2.05, 4.69) is 5.32 Å². The van der Waals surface area contributed by atoms with Crippen LogP contribution in [0.3, 0.4) is 0 Å². The van der Waals surface area contributed by atoms with Gasteiger partial charge in [0.05, 0.1) is 5.56 Å². The fourth-order valence-corrected chi connectivity index (χ4v) is 2.94. The third-order valence-electron chi connectivity index (χ3n) is 4.43. The van der Waals surface area contributed by atoms with Crippen LogP contribution in [0.5, 0.6) is 0 Å². The van der Waals surface area contributed by atoms with Gasteiger partial charge in [-0.15, -0.1) is 0 Å². The van der Waals surface area contributed by atoms with Crippen LogP contribution < -0.4 is 10.2 Å². The highest BCUT2D eigenvalue weighted by atomic mass is 19.4. The van der Waals surface area contributed by atoms with Crippen molar-refractivity contribution < 1.29 is 22.8 Å². The number of para-hydroxylation sites is 1. The minimum Gasteiger partial charge on any atom is -0.326 e. The maximum absolute atomic E-state index is 12.9. The monoisotopic (exact) mass is 392 g/mol. The van der Waals surface area contributed by atoms with Crippen LogP contribution in [-0.4, -0.2) is 18.4 Å². The van der Waals surface area contributed by atoms with E-state index in [1.165, 1.54) is 24.0 Å². The summed E-state index contributed by atoms with van der Waals surface area (Å²) < 4.78 is 38.8. The number of hydrogen-bond acceptors (Lipinski definition) is 2. The number of amides is 2. The smallest absolute Gasteiger partial charge is 0.326 e. The Morgan fingerprint density at radius 1 is 1.11 bits per heavy atom. The highest BCUT2D eigenvalue weighted by Crippen LogP contribution is 2.31. The van der Waals surface area contributed by atoms with Gasteiger partial charge in [0.25, 0.3) is 0 Å². The molecule has 0 heterocycles. The van der Waals surface area contributed by atoms with Crippen LogP contribution in [0.4, 0.5) is 24.5 Å². The van der Waals surface area contributed by atoms with Gasteiger partial charge < -0.3 is 10.2 Å². The quantitative estimate of drug-likeness (QED) is 0.756.